The van der Waals surface area contributed by atoms with Crippen molar-refractivity contribution in [2.24, 2.45) is 0 Å². The Labute approximate surface area is 235 Å². The molecular weight excluding hydrogens is 526 g/mol. The number of carbonyl (C=O) groups is 1. The molecule has 1 saturated heterocycles. The fourth-order valence-electron chi connectivity index (χ4n) is 4.92. The number of methoxy groups -OCH3 is 1. The first-order valence-corrected chi connectivity index (χ1v) is 15.0. The Balaban J connectivity index is 1.50. The van der Waals surface area contributed by atoms with Crippen LogP contribution in [0.15, 0.2) is 96.3 Å². The molecule has 3 aromatic carbocycles. The quantitative estimate of drug-likeness (QED) is 0.264. The molecule has 1 fully saturated rings. The lowest BCUT2D eigenvalue weighted by Crippen LogP contribution is -2.37. The molecule has 2 heterocycles. The Kier molecular flexibility index (Phi) is 8.62. The van der Waals surface area contributed by atoms with Crippen molar-refractivity contribution >= 4 is 15.7 Å². The number of ether oxygens (including phenoxy) is 2. The van der Waals surface area contributed by atoms with Crippen LogP contribution < -0.4 is 4.74 Å². The Bertz CT molecular complexity index is 1510. The molecular formula is C31H33N3O5S. The maximum atomic E-state index is 13.7. The lowest BCUT2D eigenvalue weighted by atomic mass is 10.1. The highest BCUT2D eigenvalue weighted by atomic mass is 32.2. The summed E-state index contributed by atoms with van der Waals surface area (Å²) >= 11 is 0. The van der Waals surface area contributed by atoms with E-state index < -0.39 is 9.84 Å². The molecule has 1 amide bonds. The SMILES string of the molecule is COc1ccc(C(=O)N(Cc2cnc(S(=O)(=O)Cc3ccccc3)n2Cc2ccccc2)CC2CCCO2)cc1. The summed E-state index contributed by atoms with van der Waals surface area (Å²) in [5.41, 5.74) is 2.78. The predicted molar refractivity (Wildman–Crippen MR) is 152 cm³/mol. The lowest BCUT2D eigenvalue weighted by Gasteiger charge is -2.26. The van der Waals surface area contributed by atoms with Gasteiger partial charge >= 0.3 is 0 Å². The minimum Gasteiger partial charge on any atom is -0.497 e. The monoisotopic (exact) mass is 559 g/mol. The number of hydrogen-bond acceptors (Lipinski definition) is 6. The van der Waals surface area contributed by atoms with Crippen LogP contribution in [0, 0.1) is 0 Å². The molecule has 0 radical (unpaired) electrons. The summed E-state index contributed by atoms with van der Waals surface area (Å²) in [5.74, 6) is 0.333. The molecule has 0 spiro atoms. The van der Waals surface area contributed by atoms with Gasteiger partial charge in [0.05, 0.1) is 43.9 Å². The highest BCUT2D eigenvalue weighted by molar-refractivity contribution is 7.90. The summed E-state index contributed by atoms with van der Waals surface area (Å²) in [6.45, 7) is 1.56. The second-order valence-electron chi connectivity index (χ2n) is 9.90. The molecule has 0 aliphatic carbocycles. The number of amides is 1. The Morgan fingerprint density at radius 1 is 1.00 bits per heavy atom. The fraction of sp³-hybridized carbons (Fsp3) is 0.290. The molecule has 0 N–H and O–H groups in total. The smallest absolute Gasteiger partial charge is 0.254 e. The Morgan fingerprint density at radius 3 is 2.30 bits per heavy atom. The van der Waals surface area contributed by atoms with E-state index in [1.807, 2.05) is 48.5 Å². The molecule has 9 heteroatoms. The summed E-state index contributed by atoms with van der Waals surface area (Å²) in [6.07, 6.45) is 3.31. The summed E-state index contributed by atoms with van der Waals surface area (Å²) in [7, 11) is -2.19. The number of sulfone groups is 1. The number of benzene rings is 3. The van der Waals surface area contributed by atoms with Crippen molar-refractivity contribution in [3.05, 3.63) is 114 Å². The van der Waals surface area contributed by atoms with E-state index in [-0.39, 0.29) is 29.5 Å². The van der Waals surface area contributed by atoms with E-state index in [0.717, 1.165) is 18.4 Å². The highest BCUT2D eigenvalue weighted by Gasteiger charge is 2.28. The third kappa shape index (κ3) is 6.60. The van der Waals surface area contributed by atoms with Crippen LogP contribution in [0.25, 0.3) is 0 Å². The van der Waals surface area contributed by atoms with Crippen LogP contribution in [0.1, 0.15) is 40.0 Å². The molecule has 0 bridgehead atoms. The maximum Gasteiger partial charge on any atom is 0.254 e. The van der Waals surface area contributed by atoms with Crippen LogP contribution in [0.2, 0.25) is 0 Å². The number of carbonyl (C=O) groups excluding carboxylic acids is 1. The fourth-order valence-corrected chi connectivity index (χ4v) is 6.42. The molecule has 1 aliphatic heterocycles. The first kappa shape index (κ1) is 27.6. The molecule has 40 heavy (non-hydrogen) atoms. The maximum absolute atomic E-state index is 13.7. The van der Waals surface area contributed by atoms with E-state index in [4.69, 9.17) is 9.47 Å². The molecule has 1 aromatic heterocycles. The van der Waals surface area contributed by atoms with Crippen LogP contribution in [-0.4, -0.2) is 55.1 Å². The van der Waals surface area contributed by atoms with Crippen molar-refractivity contribution < 1.29 is 22.7 Å². The normalized spacial score (nSPS) is 15.2. The number of hydrogen-bond donors (Lipinski definition) is 0. The first-order valence-electron chi connectivity index (χ1n) is 13.3. The lowest BCUT2D eigenvalue weighted by molar-refractivity contribution is 0.0501. The van der Waals surface area contributed by atoms with Gasteiger partial charge in [-0.3, -0.25) is 4.79 Å². The van der Waals surface area contributed by atoms with Crippen molar-refractivity contribution in [2.45, 2.75) is 42.9 Å². The molecule has 8 nitrogen and oxygen atoms in total. The zero-order chi connectivity index (χ0) is 28.0. The van der Waals surface area contributed by atoms with Gasteiger partial charge in [0, 0.05) is 18.7 Å². The summed E-state index contributed by atoms with van der Waals surface area (Å²) in [6, 6.07) is 25.7. The van der Waals surface area contributed by atoms with Gasteiger partial charge in [0.25, 0.3) is 5.91 Å². The minimum absolute atomic E-state index is 0.0100. The topological polar surface area (TPSA) is 90.7 Å². The average molecular weight is 560 g/mol. The van der Waals surface area contributed by atoms with Crippen molar-refractivity contribution in [3.63, 3.8) is 0 Å². The van der Waals surface area contributed by atoms with Crippen LogP contribution in [0.3, 0.4) is 0 Å². The van der Waals surface area contributed by atoms with E-state index in [2.05, 4.69) is 4.98 Å². The van der Waals surface area contributed by atoms with Gasteiger partial charge in [0.1, 0.15) is 5.75 Å². The highest BCUT2D eigenvalue weighted by Crippen LogP contribution is 2.23. The van der Waals surface area contributed by atoms with Crippen molar-refractivity contribution in [1.29, 1.82) is 0 Å². The van der Waals surface area contributed by atoms with Gasteiger partial charge in [0.2, 0.25) is 15.0 Å². The third-order valence-corrected chi connectivity index (χ3v) is 8.58. The van der Waals surface area contributed by atoms with Gasteiger partial charge in [-0.1, -0.05) is 60.7 Å². The van der Waals surface area contributed by atoms with Gasteiger partial charge in [-0.15, -0.1) is 0 Å². The number of imidazole rings is 1. The predicted octanol–water partition coefficient (Wildman–Crippen LogP) is 4.74. The number of aromatic nitrogens is 2. The Morgan fingerprint density at radius 2 is 1.68 bits per heavy atom. The number of rotatable bonds is 11. The Hall–Kier alpha value is -3.95. The molecule has 0 saturated carbocycles. The average Bonchev–Trinajstić information content (AvgIpc) is 3.64. The van der Waals surface area contributed by atoms with E-state index >= 15 is 0 Å². The first-order chi connectivity index (χ1) is 19.4. The largest absolute Gasteiger partial charge is 0.497 e. The van der Waals surface area contributed by atoms with Gasteiger partial charge in [-0.05, 0) is 48.2 Å². The molecule has 4 aromatic rings. The van der Waals surface area contributed by atoms with Crippen molar-refractivity contribution in [2.75, 3.05) is 20.3 Å². The van der Waals surface area contributed by atoms with Crippen LogP contribution >= 0.6 is 0 Å². The van der Waals surface area contributed by atoms with Crippen molar-refractivity contribution in [3.8, 4) is 5.75 Å². The van der Waals surface area contributed by atoms with Gasteiger partial charge < -0.3 is 18.9 Å². The molecule has 5 rings (SSSR count). The van der Waals surface area contributed by atoms with E-state index in [1.165, 1.54) is 0 Å². The molecule has 1 atom stereocenters. The van der Waals surface area contributed by atoms with Crippen LogP contribution in [0.5, 0.6) is 5.75 Å². The zero-order valence-electron chi connectivity index (χ0n) is 22.5. The van der Waals surface area contributed by atoms with E-state index in [9.17, 15) is 13.2 Å². The van der Waals surface area contributed by atoms with Crippen LogP contribution in [-0.2, 0) is 33.4 Å². The van der Waals surface area contributed by atoms with Crippen LogP contribution in [0.4, 0.5) is 0 Å². The van der Waals surface area contributed by atoms with Gasteiger partial charge in [-0.2, -0.15) is 0 Å². The zero-order valence-corrected chi connectivity index (χ0v) is 23.3. The molecule has 1 aliphatic rings. The van der Waals surface area contributed by atoms with E-state index in [1.54, 1.807) is 59.2 Å². The standard InChI is InChI=1S/C31H33N3O5S/c1-38-28-16-14-26(15-17-28)30(35)33(22-29-13-8-18-39-29)21-27-19-32-31(34(27)20-24-9-4-2-5-10-24)40(36,37)23-25-11-6-3-7-12-25/h2-7,9-12,14-17,19,29H,8,13,18,20-23H2,1H3. The van der Waals surface area contributed by atoms with Gasteiger partial charge in [-0.25, -0.2) is 13.4 Å². The second kappa shape index (κ2) is 12.5. The molecule has 1 unspecified atom stereocenters. The summed E-state index contributed by atoms with van der Waals surface area (Å²) < 4.78 is 40.1. The second-order valence-corrected chi connectivity index (χ2v) is 11.8. The van der Waals surface area contributed by atoms with E-state index in [0.29, 0.717) is 42.3 Å². The van der Waals surface area contributed by atoms with Gasteiger partial charge in [0.15, 0.2) is 0 Å². The summed E-state index contributed by atoms with van der Waals surface area (Å²) in [4.78, 5) is 19.9. The van der Waals surface area contributed by atoms with Crippen molar-refractivity contribution in [1.82, 2.24) is 14.5 Å². The molecule has 208 valence electrons. The minimum atomic E-state index is -3.77. The summed E-state index contributed by atoms with van der Waals surface area (Å²) in [5, 5.41) is -0.0100. The number of nitrogens with zero attached hydrogens (tertiary/aromatic N) is 3. The third-order valence-electron chi connectivity index (χ3n) is 6.99.